The van der Waals surface area contributed by atoms with Crippen molar-refractivity contribution >= 4 is 40.7 Å². The topological polar surface area (TPSA) is 103 Å². The Morgan fingerprint density at radius 2 is 1.85 bits per heavy atom. The van der Waals surface area contributed by atoms with E-state index < -0.39 is 11.9 Å². The molecule has 2 aromatic rings. The van der Waals surface area contributed by atoms with Gasteiger partial charge in [0.05, 0.1) is 12.1 Å². The SMILES string of the molecule is CC(C)C[C@@H]1NC(=O)c2cc(Cl)ccc2OC/C=C/CC2(CCN(CC(=O)Nc3ccc(N4CCCC(C)C4)cc3)CC2)CNC1=O. The van der Waals surface area contributed by atoms with Crippen LogP contribution in [0, 0.1) is 17.3 Å². The monoisotopic (exact) mass is 663 g/mol. The standard InChI is InChI=1S/C37H50ClN5O4/c1-26(2)21-32-36(46)39-25-37(14-4-5-20-47-33-13-8-28(38)22-31(33)35(45)41-32)15-18-42(19-16-37)24-34(44)40-29-9-11-30(12-10-29)43-17-6-7-27(3)23-43/h4-5,8-13,22,26-27,32H,6-7,14-21,23-25H2,1-3H3,(H,39,46)(H,40,44)(H,41,45)/b5-4+/t27?,32-/m0/s1. The van der Waals surface area contributed by atoms with Crippen molar-refractivity contribution in [1.82, 2.24) is 15.5 Å². The molecule has 3 N–H and O–H groups in total. The number of nitrogens with zero attached hydrogens (tertiary/aromatic N) is 2. The molecule has 0 saturated carbocycles. The van der Waals surface area contributed by atoms with Gasteiger partial charge in [0.25, 0.3) is 5.91 Å². The average Bonchev–Trinajstić information content (AvgIpc) is 3.04. The lowest BCUT2D eigenvalue weighted by Gasteiger charge is -2.41. The first-order chi connectivity index (χ1) is 22.6. The quantitative estimate of drug-likeness (QED) is 0.333. The van der Waals surface area contributed by atoms with Gasteiger partial charge in [-0.15, -0.1) is 0 Å². The number of hydrogen-bond acceptors (Lipinski definition) is 6. The number of benzene rings is 2. The minimum absolute atomic E-state index is 0.0227. The fourth-order valence-electron chi connectivity index (χ4n) is 6.90. The molecule has 3 heterocycles. The maximum absolute atomic E-state index is 13.5. The molecule has 5 rings (SSSR count). The van der Waals surface area contributed by atoms with Gasteiger partial charge < -0.3 is 25.6 Å². The number of nitrogens with one attached hydrogen (secondary N) is 3. The molecule has 0 radical (unpaired) electrons. The van der Waals surface area contributed by atoms with Crippen LogP contribution >= 0.6 is 11.6 Å². The van der Waals surface area contributed by atoms with Crippen molar-refractivity contribution in [2.45, 2.75) is 65.3 Å². The first-order valence-corrected chi connectivity index (χ1v) is 17.5. The summed E-state index contributed by atoms with van der Waals surface area (Å²) < 4.78 is 5.97. The highest BCUT2D eigenvalue weighted by atomic mass is 35.5. The van der Waals surface area contributed by atoms with Gasteiger partial charge in [0.1, 0.15) is 18.4 Å². The number of piperidine rings is 2. The van der Waals surface area contributed by atoms with Crippen LogP contribution in [0.5, 0.6) is 5.75 Å². The number of anilines is 2. The summed E-state index contributed by atoms with van der Waals surface area (Å²) in [5, 5.41) is 9.61. The molecule has 10 heteroatoms. The van der Waals surface area contributed by atoms with Crippen molar-refractivity contribution in [2.75, 3.05) is 56.1 Å². The highest BCUT2D eigenvalue weighted by molar-refractivity contribution is 6.31. The second kappa shape index (κ2) is 16.0. The largest absolute Gasteiger partial charge is 0.489 e. The van der Waals surface area contributed by atoms with E-state index in [1.54, 1.807) is 18.2 Å². The van der Waals surface area contributed by atoms with E-state index in [9.17, 15) is 14.4 Å². The number of carbonyl (C=O) groups excluding carboxylic acids is 3. The van der Waals surface area contributed by atoms with E-state index in [-0.39, 0.29) is 23.1 Å². The van der Waals surface area contributed by atoms with Gasteiger partial charge in [-0.25, -0.2) is 0 Å². The Hall–Kier alpha value is -3.56. The van der Waals surface area contributed by atoms with Crippen LogP contribution in [0.3, 0.4) is 0 Å². The predicted molar refractivity (Wildman–Crippen MR) is 188 cm³/mol. The first kappa shape index (κ1) is 34.8. The maximum atomic E-state index is 13.5. The zero-order valence-corrected chi connectivity index (χ0v) is 28.8. The summed E-state index contributed by atoms with van der Waals surface area (Å²) in [4.78, 5) is 44.4. The number of rotatable bonds is 6. The van der Waals surface area contributed by atoms with E-state index in [0.717, 1.165) is 51.1 Å². The summed E-state index contributed by atoms with van der Waals surface area (Å²) in [5.74, 6) is 0.716. The highest BCUT2D eigenvalue weighted by Crippen LogP contribution is 2.35. The summed E-state index contributed by atoms with van der Waals surface area (Å²) in [5.41, 5.74) is 2.16. The Morgan fingerprint density at radius 3 is 2.57 bits per heavy atom. The van der Waals surface area contributed by atoms with E-state index in [1.807, 2.05) is 32.1 Å². The van der Waals surface area contributed by atoms with Crippen molar-refractivity contribution in [3.63, 3.8) is 0 Å². The number of amides is 3. The fraction of sp³-hybridized carbons (Fsp3) is 0.541. The van der Waals surface area contributed by atoms with E-state index in [0.29, 0.717) is 48.4 Å². The maximum Gasteiger partial charge on any atom is 0.255 e. The molecule has 2 fully saturated rings. The Morgan fingerprint density at radius 1 is 1.09 bits per heavy atom. The van der Waals surface area contributed by atoms with E-state index in [4.69, 9.17) is 16.3 Å². The fourth-order valence-corrected chi connectivity index (χ4v) is 7.08. The minimum atomic E-state index is -0.689. The zero-order valence-electron chi connectivity index (χ0n) is 28.0. The molecule has 254 valence electrons. The van der Waals surface area contributed by atoms with Crippen LogP contribution in [0.2, 0.25) is 5.02 Å². The van der Waals surface area contributed by atoms with Gasteiger partial charge in [-0.3, -0.25) is 19.3 Å². The molecule has 2 saturated heterocycles. The van der Waals surface area contributed by atoms with Crippen LogP contribution in [0.1, 0.15) is 69.7 Å². The lowest BCUT2D eigenvalue weighted by molar-refractivity contribution is -0.124. The van der Waals surface area contributed by atoms with Gasteiger partial charge in [-0.2, -0.15) is 0 Å². The number of carbonyl (C=O) groups is 3. The third-order valence-corrected chi connectivity index (χ3v) is 9.90. The number of ether oxygens (including phenoxy) is 1. The van der Waals surface area contributed by atoms with Crippen LogP contribution in [-0.2, 0) is 9.59 Å². The summed E-state index contributed by atoms with van der Waals surface area (Å²) in [6, 6.07) is 12.4. The molecule has 2 atom stereocenters. The Bertz CT molecular complexity index is 1420. The van der Waals surface area contributed by atoms with E-state index >= 15 is 0 Å². The van der Waals surface area contributed by atoms with Gasteiger partial charge in [-0.1, -0.05) is 44.5 Å². The minimum Gasteiger partial charge on any atom is -0.489 e. The lowest BCUT2D eigenvalue weighted by Crippen LogP contribution is -2.52. The third-order valence-electron chi connectivity index (χ3n) is 9.66. The van der Waals surface area contributed by atoms with Gasteiger partial charge in [0.2, 0.25) is 11.8 Å². The molecular weight excluding hydrogens is 614 g/mol. The van der Waals surface area contributed by atoms with E-state index in [2.05, 4.69) is 50.9 Å². The molecule has 47 heavy (non-hydrogen) atoms. The number of likely N-dealkylation sites (tertiary alicyclic amines) is 1. The molecule has 0 aliphatic carbocycles. The molecular formula is C37H50ClN5O4. The van der Waals surface area contributed by atoms with Crippen LogP contribution in [0.15, 0.2) is 54.6 Å². The summed E-state index contributed by atoms with van der Waals surface area (Å²) in [6.45, 7) is 11.1. The van der Waals surface area contributed by atoms with Gasteiger partial charge in [-0.05, 0) is 111 Å². The van der Waals surface area contributed by atoms with Crippen molar-refractivity contribution < 1.29 is 19.1 Å². The molecule has 3 aliphatic heterocycles. The highest BCUT2D eigenvalue weighted by Gasteiger charge is 2.36. The molecule has 1 spiro atoms. The normalized spacial score (nSPS) is 23.2. The smallest absolute Gasteiger partial charge is 0.255 e. The van der Waals surface area contributed by atoms with Gasteiger partial charge >= 0.3 is 0 Å². The predicted octanol–water partition coefficient (Wildman–Crippen LogP) is 5.90. The van der Waals surface area contributed by atoms with Crippen molar-refractivity contribution in [3.05, 3.63) is 65.2 Å². The summed E-state index contributed by atoms with van der Waals surface area (Å²) >= 11 is 6.20. The summed E-state index contributed by atoms with van der Waals surface area (Å²) in [7, 11) is 0. The zero-order chi connectivity index (χ0) is 33.4. The number of fused-ring (bicyclic) bond motifs is 1. The number of hydrogen-bond donors (Lipinski definition) is 3. The first-order valence-electron chi connectivity index (χ1n) is 17.1. The van der Waals surface area contributed by atoms with Crippen molar-refractivity contribution in [1.29, 1.82) is 0 Å². The van der Waals surface area contributed by atoms with Crippen LogP contribution < -0.4 is 25.6 Å². The number of allylic oxidation sites excluding steroid dienone is 1. The number of halogens is 1. The molecule has 0 bridgehead atoms. The lowest BCUT2D eigenvalue weighted by atomic mass is 9.75. The van der Waals surface area contributed by atoms with Crippen molar-refractivity contribution in [2.24, 2.45) is 17.3 Å². The van der Waals surface area contributed by atoms with Crippen LogP contribution in [0.4, 0.5) is 11.4 Å². The van der Waals surface area contributed by atoms with Gasteiger partial charge in [0.15, 0.2) is 0 Å². The molecule has 9 nitrogen and oxygen atoms in total. The molecule has 1 unspecified atom stereocenters. The Labute approximate surface area is 284 Å². The average molecular weight is 664 g/mol. The van der Waals surface area contributed by atoms with Gasteiger partial charge in [0, 0.05) is 36.0 Å². The molecule has 3 amide bonds. The van der Waals surface area contributed by atoms with E-state index in [1.165, 1.54) is 18.5 Å². The Balaban J connectivity index is 1.19. The second-order valence-corrected chi connectivity index (χ2v) is 14.5. The van der Waals surface area contributed by atoms with Crippen LogP contribution in [-0.4, -0.2) is 74.5 Å². The second-order valence-electron chi connectivity index (χ2n) is 14.1. The van der Waals surface area contributed by atoms with Crippen molar-refractivity contribution in [3.8, 4) is 5.75 Å². The molecule has 0 aromatic heterocycles. The Kier molecular flexibility index (Phi) is 11.9. The third kappa shape index (κ3) is 9.73. The molecule has 2 aromatic carbocycles. The summed E-state index contributed by atoms with van der Waals surface area (Å²) in [6.07, 6.45) is 9.51. The molecule has 3 aliphatic rings. The van der Waals surface area contributed by atoms with Crippen LogP contribution in [0.25, 0.3) is 0 Å².